The minimum absolute atomic E-state index is 0.0174. The quantitative estimate of drug-likeness (QED) is 0.632. The van der Waals surface area contributed by atoms with Gasteiger partial charge in [-0.25, -0.2) is 0 Å². The first-order chi connectivity index (χ1) is 7.50. The van der Waals surface area contributed by atoms with E-state index in [4.69, 9.17) is 22.3 Å². The second kappa shape index (κ2) is 3.94. The lowest BCUT2D eigenvalue weighted by Crippen LogP contribution is -2.57. The molecule has 0 bridgehead atoms. The van der Waals surface area contributed by atoms with Crippen molar-refractivity contribution < 1.29 is 19.7 Å². The van der Waals surface area contributed by atoms with Gasteiger partial charge in [0.1, 0.15) is 11.5 Å². The zero-order valence-corrected chi connectivity index (χ0v) is 9.02. The van der Waals surface area contributed by atoms with Crippen LogP contribution in [0.4, 0.5) is 0 Å². The fraction of sp³-hybridized carbons (Fsp3) is 0.333. The summed E-state index contributed by atoms with van der Waals surface area (Å²) in [5, 5.41) is 20.4. The van der Waals surface area contributed by atoms with Crippen molar-refractivity contribution in [2.45, 2.75) is 11.2 Å². The van der Waals surface area contributed by atoms with Crippen molar-refractivity contribution in [2.75, 3.05) is 14.2 Å². The van der Waals surface area contributed by atoms with Crippen LogP contribution >= 0.6 is 0 Å². The Morgan fingerprint density at radius 1 is 1.00 bits per heavy atom. The Morgan fingerprint density at radius 3 is 1.50 bits per heavy atom. The van der Waals surface area contributed by atoms with E-state index in [-0.39, 0.29) is 11.5 Å². The molecule has 16 heavy (non-hydrogen) atoms. The highest BCUT2D eigenvalue weighted by Gasteiger charge is 2.56. The molecule has 0 aromatic heterocycles. The Bertz CT molecular complexity index is 393. The number of rotatable bonds is 2. The van der Waals surface area contributed by atoms with E-state index in [1.54, 1.807) is 0 Å². The molecule has 0 amide bonds. The van der Waals surface area contributed by atoms with Crippen LogP contribution in [0.25, 0.3) is 0 Å². The molecule has 0 unspecified atom stereocenters. The predicted octanol–water partition coefficient (Wildman–Crippen LogP) is -0.211. The summed E-state index contributed by atoms with van der Waals surface area (Å²) in [5.74, 6) is 4.04. The highest BCUT2D eigenvalue weighted by Crippen LogP contribution is 2.38. The Hall–Kier alpha value is -1.88. The van der Waals surface area contributed by atoms with Gasteiger partial charge in [-0.2, -0.15) is 0 Å². The van der Waals surface area contributed by atoms with Gasteiger partial charge in [-0.1, -0.05) is 11.8 Å². The molecule has 84 valence electrons. The topological polar surface area (TPSA) is 58.9 Å². The van der Waals surface area contributed by atoms with Crippen LogP contribution in [0, 0.1) is 24.7 Å². The molecule has 4 heteroatoms. The molecule has 0 aromatic rings. The van der Waals surface area contributed by atoms with Crippen LogP contribution in [0.5, 0.6) is 0 Å². The third-order valence-electron chi connectivity index (χ3n) is 2.48. The summed E-state index contributed by atoms with van der Waals surface area (Å²) >= 11 is 0. The summed E-state index contributed by atoms with van der Waals surface area (Å²) in [6, 6.07) is 0. The van der Waals surface area contributed by atoms with E-state index in [0.29, 0.717) is 0 Å². The number of methoxy groups -OCH3 is 2. The lowest BCUT2D eigenvalue weighted by atomic mass is 9.77. The van der Waals surface area contributed by atoms with Gasteiger partial charge in [-0.15, -0.1) is 12.8 Å². The van der Waals surface area contributed by atoms with Crippen LogP contribution in [0.2, 0.25) is 0 Å². The molecule has 2 N–H and O–H groups in total. The third kappa shape index (κ3) is 1.29. The zero-order chi connectivity index (χ0) is 12.4. The summed E-state index contributed by atoms with van der Waals surface area (Å²) in [4.78, 5) is 0. The molecule has 0 spiro atoms. The molecule has 0 fully saturated rings. The molecular formula is C12H12O4. The maximum Gasteiger partial charge on any atom is 0.231 e. The lowest BCUT2D eigenvalue weighted by molar-refractivity contribution is -0.0840. The van der Waals surface area contributed by atoms with Gasteiger partial charge in [0.2, 0.25) is 11.2 Å². The Balaban J connectivity index is 3.47. The van der Waals surface area contributed by atoms with Crippen molar-refractivity contribution in [3.05, 3.63) is 23.7 Å². The zero-order valence-electron chi connectivity index (χ0n) is 9.02. The first kappa shape index (κ1) is 12.2. The van der Waals surface area contributed by atoms with Gasteiger partial charge in [0, 0.05) is 0 Å². The fourth-order valence-electron chi connectivity index (χ4n) is 1.53. The Labute approximate surface area is 94.2 Å². The molecule has 0 aliphatic heterocycles. The minimum Gasteiger partial charge on any atom is -0.497 e. The van der Waals surface area contributed by atoms with E-state index >= 15 is 0 Å². The Morgan fingerprint density at radius 2 is 1.31 bits per heavy atom. The lowest BCUT2D eigenvalue weighted by Gasteiger charge is -2.39. The average Bonchev–Trinajstić information content (AvgIpc) is 2.32. The first-order valence-corrected chi connectivity index (χ1v) is 4.41. The SMILES string of the molecule is C#C[C@@]1(O)C(OC)=CC=C(OC)[C@@]1(O)C#C. The third-order valence-corrected chi connectivity index (χ3v) is 2.48. The van der Waals surface area contributed by atoms with E-state index in [2.05, 4.69) is 0 Å². The summed E-state index contributed by atoms with van der Waals surface area (Å²) in [5.41, 5.74) is -4.28. The number of allylic oxidation sites excluding steroid dienone is 2. The van der Waals surface area contributed by atoms with Gasteiger partial charge >= 0.3 is 0 Å². The van der Waals surface area contributed by atoms with Crippen LogP contribution in [-0.2, 0) is 9.47 Å². The molecule has 0 saturated heterocycles. The van der Waals surface area contributed by atoms with Gasteiger partial charge < -0.3 is 19.7 Å². The van der Waals surface area contributed by atoms with Crippen molar-refractivity contribution in [1.82, 2.24) is 0 Å². The highest BCUT2D eigenvalue weighted by atomic mass is 16.5. The number of ether oxygens (including phenoxy) is 2. The number of hydrogen-bond acceptors (Lipinski definition) is 4. The standard InChI is InChI=1S/C12H12O4/c1-5-11(13)9(15-3)7-8-10(16-4)12(11,14)6-2/h1-2,7-8,13-14H,3-4H3/t11-,12+. The smallest absolute Gasteiger partial charge is 0.231 e. The van der Waals surface area contributed by atoms with Crippen molar-refractivity contribution in [1.29, 1.82) is 0 Å². The van der Waals surface area contributed by atoms with Crippen LogP contribution < -0.4 is 0 Å². The average molecular weight is 220 g/mol. The second-order valence-corrected chi connectivity index (χ2v) is 3.18. The van der Waals surface area contributed by atoms with E-state index < -0.39 is 11.2 Å². The molecular weight excluding hydrogens is 208 g/mol. The molecule has 1 rings (SSSR count). The second-order valence-electron chi connectivity index (χ2n) is 3.18. The number of hydrogen-bond donors (Lipinski definition) is 2. The van der Waals surface area contributed by atoms with Crippen molar-refractivity contribution in [3.8, 4) is 24.7 Å². The van der Waals surface area contributed by atoms with Crippen LogP contribution in [0.15, 0.2) is 23.7 Å². The summed E-state index contributed by atoms with van der Waals surface area (Å²) in [6.07, 6.45) is 13.2. The van der Waals surface area contributed by atoms with Gasteiger partial charge in [0.25, 0.3) is 0 Å². The fourth-order valence-corrected chi connectivity index (χ4v) is 1.53. The normalized spacial score (nSPS) is 32.9. The molecule has 0 aromatic carbocycles. The van der Waals surface area contributed by atoms with Crippen LogP contribution in [0.3, 0.4) is 0 Å². The predicted molar refractivity (Wildman–Crippen MR) is 57.7 cm³/mol. The van der Waals surface area contributed by atoms with Crippen molar-refractivity contribution in [3.63, 3.8) is 0 Å². The molecule has 2 atom stereocenters. The maximum absolute atomic E-state index is 10.2. The number of terminal acetylenes is 2. The van der Waals surface area contributed by atoms with E-state index in [9.17, 15) is 10.2 Å². The summed E-state index contributed by atoms with van der Waals surface area (Å²) in [6.45, 7) is 0. The molecule has 4 nitrogen and oxygen atoms in total. The summed E-state index contributed by atoms with van der Waals surface area (Å²) in [7, 11) is 2.63. The van der Waals surface area contributed by atoms with E-state index in [1.807, 2.05) is 11.8 Å². The molecule has 0 saturated carbocycles. The van der Waals surface area contributed by atoms with E-state index in [0.717, 1.165) is 0 Å². The molecule has 0 heterocycles. The van der Waals surface area contributed by atoms with Gasteiger partial charge in [0.15, 0.2) is 0 Å². The van der Waals surface area contributed by atoms with Gasteiger partial charge in [-0.3, -0.25) is 0 Å². The largest absolute Gasteiger partial charge is 0.497 e. The van der Waals surface area contributed by atoms with Gasteiger partial charge in [-0.05, 0) is 12.2 Å². The van der Waals surface area contributed by atoms with E-state index in [1.165, 1.54) is 26.4 Å². The Kier molecular flexibility index (Phi) is 3.00. The maximum atomic E-state index is 10.2. The first-order valence-electron chi connectivity index (χ1n) is 4.41. The minimum atomic E-state index is -2.14. The van der Waals surface area contributed by atoms with Crippen LogP contribution in [-0.4, -0.2) is 35.6 Å². The van der Waals surface area contributed by atoms with Crippen molar-refractivity contribution in [2.24, 2.45) is 0 Å². The van der Waals surface area contributed by atoms with Crippen LogP contribution in [0.1, 0.15) is 0 Å². The molecule has 1 aliphatic carbocycles. The monoisotopic (exact) mass is 220 g/mol. The molecule has 0 radical (unpaired) electrons. The molecule has 1 aliphatic rings. The summed E-state index contributed by atoms with van der Waals surface area (Å²) < 4.78 is 9.80. The highest BCUT2D eigenvalue weighted by molar-refractivity contribution is 5.50. The van der Waals surface area contributed by atoms with Crippen molar-refractivity contribution >= 4 is 0 Å². The number of aliphatic hydroxyl groups is 2. The van der Waals surface area contributed by atoms with Gasteiger partial charge in [0.05, 0.1) is 14.2 Å².